The largest absolute Gasteiger partial charge is 0.330 e. The molecule has 0 aromatic heterocycles. The third kappa shape index (κ3) is 4.33. The molecule has 0 spiro atoms. The Morgan fingerprint density at radius 1 is 1.12 bits per heavy atom. The van der Waals surface area contributed by atoms with Crippen LogP contribution < -0.4 is 5.73 Å². The molecule has 0 bridgehead atoms. The summed E-state index contributed by atoms with van der Waals surface area (Å²) >= 11 is 0. The van der Waals surface area contributed by atoms with E-state index in [4.69, 9.17) is 5.73 Å². The van der Waals surface area contributed by atoms with Crippen LogP contribution in [0.25, 0.3) is 0 Å². The van der Waals surface area contributed by atoms with Gasteiger partial charge in [-0.05, 0) is 32.4 Å². The maximum atomic E-state index is 11.7. The highest BCUT2D eigenvalue weighted by molar-refractivity contribution is 7.90. The van der Waals surface area contributed by atoms with E-state index in [0.29, 0.717) is 13.0 Å². The Labute approximate surface area is 97.6 Å². The van der Waals surface area contributed by atoms with E-state index in [-0.39, 0.29) is 11.5 Å². The lowest BCUT2D eigenvalue weighted by Crippen LogP contribution is -2.13. The molecule has 16 heavy (non-hydrogen) atoms. The average molecular weight is 241 g/mol. The minimum atomic E-state index is -3.01. The molecule has 0 amide bonds. The number of hydrogen-bond donors (Lipinski definition) is 1. The predicted molar refractivity (Wildman–Crippen MR) is 67.1 cm³/mol. The Hall–Kier alpha value is -0.870. The average Bonchev–Trinajstić information content (AvgIpc) is 2.12. The van der Waals surface area contributed by atoms with E-state index in [1.807, 2.05) is 32.0 Å². The van der Waals surface area contributed by atoms with E-state index >= 15 is 0 Å². The lowest BCUT2D eigenvalue weighted by molar-refractivity contribution is 0.593. The zero-order chi connectivity index (χ0) is 12.2. The first kappa shape index (κ1) is 13.2. The van der Waals surface area contributed by atoms with Gasteiger partial charge < -0.3 is 5.73 Å². The Bertz CT molecular complexity index is 432. The molecule has 0 unspecified atom stereocenters. The van der Waals surface area contributed by atoms with Gasteiger partial charge in [0.25, 0.3) is 0 Å². The van der Waals surface area contributed by atoms with Gasteiger partial charge >= 0.3 is 0 Å². The third-order valence-electron chi connectivity index (χ3n) is 2.33. The summed E-state index contributed by atoms with van der Waals surface area (Å²) in [5.41, 5.74) is 8.38. The smallest absolute Gasteiger partial charge is 0.154 e. The van der Waals surface area contributed by atoms with E-state index in [2.05, 4.69) is 0 Å². The maximum absolute atomic E-state index is 11.7. The molecule has 1 aromatic carbocycles. The Balaban J connectivity index is 2.80. The first-order valence-corrected chi connectivity index (χ1v) is 7.23. The molecule has 0 fully saturated rings. The minimum absolute atomic E-state index is 0.121. The fraction of sp³-hybridized carbons (Fsp3) is 0.500. The molecule has 4 heteroatoms. The first-order valence-electron chi connectivity index (χ1n) is 5.40. The fourth-order valence-electron chi connectivity index (χ4n) is 1.78. The summed E-state index contributed by atoms with van der Waals surface area (Å²) < 4.78 is 23.5. The van der Waals surface area contributed by atoms with E-state index in [0.717, 1.165) is 16.7 Å². The van der Waals surface area contributed by atoms with Crippen molar-refractivity contribution in [1.29, 1.82) is 0 Å². The van der Waals surface area contributed by atoms with Gasteiger partial charge in [0.1, 0.15) is 0 Å². The predicted octanol–water partition coefficient (Wildman–Crippen LogP) is 1.57. The van der Waals surface area contributed by atoms with Gasteiger partial charge in [-0.2, -0.15) is 0 Å². The molecule has 0 saturated carbocycles. The standard InChI is InChI=1S/C12H19NO2S/c1-10-6-11(2)8-12(7-10)9-16(14,15)5-3-4-13/h6-8H,3-5,9,13H2,1-2H3. The monoisotopic (exact) mass is 241 g/mol. The number of nitrogens with two attached hydrogens (primary N) is 1. The van der Waals surface area contributed by atoms with E-state index in [9.17, 15) is 8.42 Å². The van der Waals surface area contributed by atoms with E-state index < -0.39 is 9.84 Å². The molecular formula is C12H19NO2S. The quantitative estimate of drug-likeness (QED) is 0.851. The molecule has 90 valence electrons. The van der Waals surface area contributed by atoms with Gasteiger partial charge in [0.05, 0.1) is 11.5 Å². The van der Waals surface area contributed by atoms with Crippen LogP contribution in [0.2, 0.25) is 0 Å². The molecule has 3 nitrogen and oxygen atoms in total. The van der Waals surface area contributed by atoms with Gasteiger partial charge in [0, 0.05) is 0 Å². The molecule has 0 saturated heterocycles. The molecule has 0 radical (unpaired) electrons. The second kappa shape index (κ2) is 5.46. The van der Waals surface area contributed by atoms with Gasteiger partial charge in [0.15, 0.2) is 9.84 Å². The lowest BCUT2D eigenvalue weighted by atomic mass is 10.1. The molecule has 0 aliphatic rings. The van der Waals surface area contributed by atoms with Crippen LogP contribution in [0.5, 0.6) is 0 Å². The van der Waals surface area contributed by atoms with Crippen LogP contribution >= 0.6 is 0 Å². The van der Waals surface area contributed by atoms with Crippen LogP contribution in [0.3, 0.4) is 0 Å². The summed E-state index contributed by atoms with van der Waals surface area (Å²) in [5.74, 6) is 0.298. The van der Waals surface area contributed by atoms with Crippen molar-refractivity contribution in [1.82, 2.24) is 0 Å². The summed E-state index contributed by atoms with van der Waals surface area (Å²) in [6.07, 6.45) is 0.535. The minimum Gasteiger partial charge on any atom is -0.330 e. The van der Waals surface area contributed by atoms with Crippen molar-refractivity contribution in [3.05, 3.63) is 34.9 Å². The van der Waals surface area contributed by atoms with Crippen molar-refractivity contribution in [2.45, 2.75) is 26.0 Å². The van der Waals surface area contributed by atoms with Gasteiger partial charge in [0.2, 0.25) is 0 Å². The Morgan fingerprint density at radius 3 is 2.19 bits per heavy atom. The summed E-state index contributed by atoms with van der Waals surface area (Å²) in [6, 6.07) is 5.88. The van der Waals surface area contributed by atoms with Crippen LogP contribution in [-0.2, 0) is 15.6 Å². The van der Waals surface area contributed by atoms with Gasteiger partial charge in [-0.25, -0.2) is 8.42 Å². The van der Waals surface area contributed by atoms with E-state index in [1.54, 1.807) is 0 Å². The molecule has 1 aromatic rings. The summed E-state index contributed by atoms with van der Waals surface area (Å²) in [7, 11) is -3.01. The van der Waals surface area contributed by atoms with Crippen molar-refractivity contribution in [2.24, 2.45) is 5.73 Å². The third-order valence-corrected chi connectivity index (χ3v) is 4.01. The van der Waals surface area contributed by atoms with Crippen molar-refractivity contribution >= 4 is 9.84 Å². The van der Waals surface area contributed by atoms with Gasteiger partial charge in [-0.1, -0.05) is 29.3 Å². The van der Waals surface area contributed by atoms with Gasteiger partial charge in [-0.3, -0.25) is 0 Å². The van der Waals surface area contributed by atoms with Crippen LogP contribution in [0, 0.1) is 13.8 Å². The van der Waals surface area contributed by atoms with Crippen molar-refractivity contribution in [3.63, 3.8) is 0 Å². The molecule has 0 aliphatic carbocycles. The van der Waals surface area contributed by atoms with Crippen molar-refractivity contribution in [2.75, 3.05) is 12.3 Å². The summed E-state index contributed by atoms with van der Waals surface area (Å²) in [4.78, 5) is 0. The summed E-state index contributed by atoms with van der Waals surface area (Å²) in [6.45, 7) is 4.37. The number of hydrogen-bond acceptors (Lipinski definition) is 3. The highest BCUT2D eigenvalue weighted by Crippen LogP contribution is 2.12. The molecule has 0 aliphatic heterocycles. The summed E-state index contributed by atoms with van der Waals surface area (Å²) in [5, 5.41) is 0. The van der Waals surface area contributed by atoms with E-state index in [1.165, 1.54) is 0 Å². The Kier molecular flexibility index (Phi) is 4.50. The van der Waals surface area contributed by atoms with Crippen molar-refractivity contribution < 1.29 is 8.42 Å². The molecule has 0 atom stereocenters. The highest BCUT2D eigenvalue weighted by atomic mass is 32.2. The topological polar surface area (TPSA) is 60.2 Å². The normalized spacial score (nSPS) is 11.7. The highest BCUT2D eigenvalue weighted by Gasteiger charge is 2.11. The SMILES string of the molecule is Cc1cc(C)cc(CS(=O)(=O)CCCN)c1. The maximum Gasteiger partial charge on any atom is 0.154 e. The van der Waals surface area contributed by atoms with Crippen LogP contribution in [0.4, 0.5) is 0 Å². The van der Waals surface area contributed by atoms with Crippen molar-refractivity contribution in [3.8, 4) is 0 Å². The first-order chi connectivity index (χ1) is 7.43. The number of rotatable bonds is 5. The zero-order valence-electron chi connectivity index (χ0n) is 9.86. The lowest BCUT2D eigenvalue weighted by Gasteiger charge is -2.06. The zero-order valence-corrected chi connectivity index (χ0v) is 10.7. The molecule has 0 heterocycles. The Morgan fingerprint density at radius 2 is 1.69 bits per heavy atom. The van der Waals surface area contributed by atoms with Crippen LogP contribution in [0.1, 0.15) is 23.1 Å². The fourth-order valence-corrected chi connectivity index (χ4v) is 3.21. The second-order valence-electron chi connectivity index (χ2n) is 4.23. The number of sulfone groups is 1. The second-order valence-corrected chi connectivity index (χ2v) is 6.41. The molecule has 2 N–H and O–H groups in total. The van der Waals surface area contributed by atoms with Crippen LogP contribution in [-0.4, -0.2) is 20.7 Å². The number of benzene rings is 1. The van der Waals surface area contributed by atoms with Gasteiger partial charge in [-0.15, -0.1) is 0 Å². The van der Waals surface area contributed by atoms with Crippen LogP contribution in [0.15, 0.2) is 18.2 Å². The number of aryl methyl sites for hydroxylation is 2. The molecule has 1 rings (SSSR count). The molecular weight excluding hydrogens is 222 g/mol.